The van der Waals surface area contributed by atoms with Crippen LogP contribution in [-0.4, -0.2) is 25.4 Å². The lowest BCUT2D eigenvalue weighted by Crippen LogP contribution is -2.30. The third kappa shape index (κ3) is 4.40. The molecule has 0 spiro atoms. The first-order chi connectivity index (χ1) is 11.4. The molecule has 5 nitrogen and oxygen atoms in total. The minimum atomic E-state index is -0.854. The number of benzene rings is 2. The van der Waals surface area contributed by atoms with Crippen molar-refractivity contribution in [1.29, 1.82) is 0 Å². The maximum absolute atomic E-state index is 12.3. The van der Waals surface area contributed by atoms with Crippen molar-refractivity contribution in [2.75, 3.05) is 12.4 Å². The fourth-order valence-electron chi connectivity index (χ4n) is 1.92. The first kappa shape index (κ1) is 18.1. The predicted octanol–water partition coefficient (Wildman–Crippen LogP) is 4.22. The maximum Gasteiger partial charge on any atom is 0.265 e. The Hall–Kier alpha value is -2.24. The van der Waals surface area contributed by atoms with Crippen LogP contribution in [0.4, 0.5) is 5.69 Å². The van der Waals surface area contributed by atoms with E-state index in [1.807, 2.05) is 0 Å². The number of methoxy groups -OCH3 is 1. The van der Waals surface area contributed by atoms with Gasteiger partial charge in [-0.25, -0.2) is 0 Å². The summed E-state index contributed by atoms with van der Waals surface area (Å²) < 4.78 is 10.6. The van der Waals surface area contributed by atoms with Gasteiger partial charge in [-0.2, -0.15) is 0 Å². The van der Waals surface area contributed by atoms with Crippen LogP contribution in [0.3, 0.4) is 0 Å². The highest BCUT2D eigenvalue weighted by Gasteiger charge is 2.18. The predicted molar refractivity (Wildman–Crippen MR) is 93.6 cm³/mol. The average Bonchev–Trinajstić information content (AvgIpc) is 2.58. The van der Waals surface area contributed by atoms with E-state index in [4.69, 9.17) is 32.7 Å². The number of hydrogen-bond acceptors (Lipinski definition) is 4. The molecule has 0 saturated heterocycles. The Morgan fingerprint density at radius 2 is 1.96 bits per heavy atom. The van der Waals surface area contributed by atoms with Crippen LogP contribution in [0.2, 0.25) is 10.0 Å². The van der Waals surface area contributed by atoms with Crippen molar-refractivity contribution >= 4 is 41.1 Å². The Morgan fingerprint density at radius 3 is 2.62 bits per heavy atom. The van der Waals surface area contributed by atoms with Gasteiger partial charge in [0.1, 0.15) is 11.5 Å². The van der Waals surface area contributed by atoms with E-state index >= 15 is 0 Å². The Labute approximate surface area is 149 Å². The molecule has 0 aliphatic heterocycles. The van der Waals surface area contributed by atoms with Crippen molar-refractivity contribution in [1.82, 2.24) is 0 Å². The van der Waals surface area contributed by atoms with Gasteiger partial charge in [0.2, 0.25) is 0 Å². The van der Waals surface area contributed by atoms with Gasteiger partial charge in [-0.05, 0) is 43.3 Å². The average molecular weight is 368 g/mol. The summed E-state index contributed by atoms with van der Waals surface area (Å²) in [6.45, 7) is 1.56. The van der Waals surface area contributed by atoms with Crippen LogP contribution < -0.4 is 14.8 Å². The second kappa shape index (κ2) is 8.04. The highest BCUT2D eigenvalue weighted by Crippen LogP contribution is 2.27. The van der Waals surface area contributed by atoms with Crippen LogP contribution >= 0.6 is 23.2 Å². The number of halogens is 2. The molecule has 0 heterocycles. The molecule has 0 fully saturated rings. The zero-order valence-electron chi connectivity index (χ0n) is 13.0. The first-order valence-corrected chi connectivity index (χ1v) is 7.76. The lowest BCUT2D eigenvalue weighted by molar-refractivity contribution is -0.122. The van der Waals surface area contributed by atoms with Crippen LogP contribution in [-0.2, 0) is 4.79 Å². The van der Waals surface area contributed by atoms with Gasteiger partial charge in [-0.3, -0.25) is 9.59 Å². The topological polar surface area (TPSA) is 64.6 Å². The van der Waals surface area contributed by atoms with Gasteiger partial charge < -0.3 is 14.8 Å². The molecule has 2 aromatic carbocycles. The monoisotopic (exact) mass is 367 g/mol. The Morgan fingerprint density at radius 1 is 1.21 bits per heavy atom. The molecule has 0 unspecified atom stereocenters. The smallest absolute Gasteiger partial charge is 0.265 e. The number of carbonyl (C=O) groups excluding carboxylic acids is 2. The maximum atomic E-state index is 12.3. The minimum Gasteiger partial charge on any atom is -0.497 e. The van der Waals surface area contributed by atoms with Gasteiger partial charge >= 0.3 is 0 Å². The molecule has 0 radical (unpaired) electrons. The third-order valence-electron chi connectivity index (χ3n) is 3.20. The summed E-state index contributed by atoms with van der Waals surface area (Å²) in [6, 6.07) is 9.48. The molecule has 2 rings (SSSR count). The van der Waals surface area contributed by atoms with Crippen molar-refractivity contribution in [2.45, 2.75) is 13.0 Å². The van der Waals surface area contributed by atoms with E-state index in [2.05, 4.69) is 5.32 Å². The van der Waals surface area contributed by atoms with Gasteiger partial charge in [-0.15, -0.1) is 0 Å². The standard InChI is InChI=1S/C17H15Cl2NO4/c1-10(17(22)20-15-8-12(18)3-5-14(15)19)24-16-6-4-13(23-2)7-11(16)9-21/h3-10H,1-2H3,(H,20,22)/t10-/m1/s1. The van der Waals surface area contributed by atoms with Gasteiger partial charge in [0, 0.05) is 5.02 Å². The van der Waals surface area contributed by atoms with E-state index in [0.717, 1.165) is 0 Å². The number of ether oxygens (including phenoxy) is 2. The Kier molecular flexibility index (Phi) is 6.06. The second-order valence-corrected chi connectivity index (χ2v) is 5.74. The summed E-state index contributed by atoms with van der Waals surface area (Å²) in [6.07, 6.45) is -0.219. The number of anilines is 1. The summed E-state index contributed by atoms with van der Waals surface area (Å²) in [5.41, 5.74) is 0.671. The lowest BCUT2D eigenvalue weighted by Gasteiger charge is -2.17. The summed E-state index contributed by atoms with van der Waals surface area (Å²) in [7, 11) is 1.50. The largest absolute Gasteiger partial charge is 0.497 e. The molecule has 0 saturated carbocycles. The quantitative estimate of drug-likeness (QED) is 0.776. The number of carbonyl (C=O) groups is 2. The van der Waals surface area contributed by atoms with E-state index in [1.54, 1.807) is 37.3 Å². The number of amides is 1. The van der Waals surface area contributed by atoms with Gasteiger partial charge in [-0.1, -0.05) is 23.2 Å². The van der Waals surface area contributed by atoms with Gasteiger partial charge in [0.25, 0.3) is 5.91 Å². The van der Waals surface area contributed by atoms with E-state index < -0.39 is 12.0 Å². The Balaban J connectivity index is 2.11. The van der Waals surface area contributed by atoms with Crippen molar-refractivity contribution < 1.29 is 19.1 Å². The van der Waals surface area contributed by atoms with Crippen LogP contribution in [0.1, 0.15) is 17.3 Å². The number of aldehydes is 1. The van der Waals surface area contributed by atoms with Crippen LogP contribution in [0.25, 0.3) is 0 Å². The zero-order valence-corrected chi connectivity index (χ0v) is 14.5. The molecular weight excluding hydrogens is 353 g/mol. The van der Waals surface area contributed by atoms with Crippen molar-refractivity contribution in [3.63, 3.8) is 0 Å². The molecule has 1 atom stereocenters. The number of rotatable bonds is 6. The van der Waals surface area contributed by atoms with Gasteiger partial charge in [0.15, 0.2) is 12.4 Å². The summed E-state index contributed by atoms with van der Waals surface area (Å²) in [5, 5.41) is 3.44. The molecule has 2 aromatic rings. The Bertz CT molecular complexity index is 764. The molecule has 1 amide bonds. The molecule has 126 valence electrons. The van der Waals surface area contributed by atoms with Crippen LogP contribution in [0.5, 0.6) is 11.5 Å². The van der Waals surface area contributed by atoms with Gasteiger partial charge in [0.05, 0.1) is 23.4 Å². The first-order valence-electron chi connectivity index (χ1n) is 7.00. The van der Waals surface area contributed by atoms with E-state index in [-0.39, 0.29) is 11.3 Å². The van der Waals surface area contributed by atoms with Crippen molar-refractivity contribution in [3.8, 4) is 11.5 Å². The second-order valence-electron chi connectivity index (χ2n) is 4.90. The summed E-state index contributed by atoms with van der Waals surface area (Å²) in [5.74, 6) is 0.379. The molecule has 0 bridgehead atoms. The van der Waals surface area contributed by atoms with Crippen LogP contribution in [0.15, 0.2) is 36.4 Å². The summed E-state index contributed by atoms with van der Waals surface area (Å²) >= 11 is 11.9. The van der Waals surface area contributed by atoms with Crippen molar-refractivity contribution in [3.05, 3.63) is 52.0 Å². The molecule has 0 aliphatic carbocycles. The molecular formula is C17H15Cl2NO4. The number of nitrogens with one attached hydrogen (secondary N) is 1. The summed E-state index contributed by atoms with van der Waals surface area (Å²) in [4.78, 5) is 23.4. The highest BCUT2D eigenvalue weighted by atomic mass is 35.5. The molecule has 24 heavy (non-hydrogen) atoms. The van der Waals surface area contributed by atoms with E-state index in [1.165, 1.54) is 13.2 Å². The minimum absolute atomic E-state index is 0.283. The molecule has 1 N–H and O–H groups in total. The highest BCUT2D eigenvalue weighted by molar-refractivity contribution is 6.35. The zero-order chi connectivity index (χ0) is 17.7. The number of hydrogen-bond donors (Lipinski definition) is 1. The van der Waals surface area contributed by atoms with Crippen molar-refractivity contribution in [2.24, 2.45) is 0 Å². The lowest BCUT2D eigenvalue weighted by atomic mass is 10.2. The molecule has 7 heteroatoms. The normalized spacial score (nSPS) is 11.5. The fourth-order valence-corrected chi connectivity index (χ4v) is 2.26. The van der Waals surface area contributed by atoms with Crippen LogP contribution in [0, 0.1) is 0 Å². The SMILES string of the molecule is COc1ccc(O[C@H](C)C(=O)Nc2cc(Cl)ccc2Cl)c(C=O)c1. The van der Waals surface area contributed by atoms with E-state index in [0.29, 0.717) is 27.8 Å². The third-order valence-corrected chi connectivity index (χ3v) is 3.77. The fraction of sp³-hybridized carbons (Fsp3) is 0.176. The molecule has 0 aromatic heterocycles. The molecule has 0 aliphatic rings. The van der Waals surface area contributed by atoms with E-state index in [9.17, 15) is 9.59 Å².